The van der Waals surface area contributed by atoms with E-state index >= 15 is 0 Å². The summed E-state index contributed by atoms with van der Waals surface area (Å²) in [6.45, 7) is 4.40. The molecule has 1 saturated carbocycles. The number of thiocarbonyl (C=S) groups is 1. The van der Waals surface area contributed by atoms with Crippen molar-refractivity contribution in [3.63, 3.8) is 0 Å². The molecule has 1 amide bonds. The average molecular weight is 290 g/mol. The minimum atomic E-state index is 0.0610. The van der Waals surface area contributed by atoms with Gasteiger partial charge >= 0.3 is 0 Å². The molecule has 2 N–H and O–H groups in total. The molecule has 4 heteroatoms. The van der Waals surface area contributed by atoms with Gasteiger partial charge in [0.25, 0.3) is 5.91 Å². The second kappa shape index (κ2) is 6.35. The Morgan fingerprint density at radius 2 is 2.00 bits per heavy atom. The Bertz CT molecular complexity index is 521. The van der Waals surface area contributed by atoms with Crippen molar-refractivity contribution in [3.8, 4) is 0 Å². The molecule has 0 radical (unpaired) electrons. The molecule has 3 nitrogen and oxygen atoms in total. The van der Waals surface area contributed by atoms with Crippen LogP contribution in [-0.2, 0) is 0 Å². The van der Waals surface area contributed by atoms with Crippen LogP contribution >= 0.6 is 12.2 Å². The van der Waals surface area contributed by atoms with E-state index in [1.807, 2.05) is 36.9 Å². The number of nitrogens with zero attached hydrogens (tertiary/aromatic N) is 1. The normalized spacial score (nSPS) is 15.3. The zero-order chi connectivity index (χ0) is 14.7. The zero-order valence-corrected chi connectivity index (χ0v) is 13.0. The van der Waals surface area contributed by atoms with Crippen molar-refractivity contribution in [2.24, 2.45) is 5.73 Å². The number of hydrogen-bond acceptors (Lipinski definition) is 2. The molecule has 108 valence electrons. The fraction of sp³-hybridized carbons (Fsp3) is 0.500. The van der Waals surface area contributed by atoms with Crippen molar-refractivity contribution >= 4 is 23.1 Å². The van der Waals surface area contributed by atoms with Gasteiger partial charge in [0.1, 0.15) is 0 Å². The van der Waals surface area contributed by atoms with E-state index in [1.54, 1.807) is 0 Å². The van der Waals surface area contributed by atoms with Gasteiger partial charge in [-0.05, 0) is 43.9 Å². The maximum Gasteiger partial charge on any atom is 0.254 e. The number of amides is 1. The van der Waals surface area contributed by atoms with Crippen LogP contribution < -0.4 is 5.73 Å². The Kier molecular flexibility index (Phi) is 4.76. The van der Waals surface area contributed by atoms with Crippen LogP contribution in [-0.4, -0.2) is 28.4 Å². The Hall–Kier alpha value is -1.42. The van der Waals surface area contributed by atoms with Gasteiger partial charge in [-0.1, -0.05) is 37.2 Å². The first-order valence-electron chi connectivity index (χ1n) is 7.16. The smallest absolute Gasteiger partial charge is 0.254 e. The molecule has 0 spiro atoms. The minimum Gasteiger partial charge on any atom is -0.392 e. The first-order valence-corrected chi connectivity index (χ1v) is 7.57. The molecule has 0 saturated heterocycles. The van der Waals surface area contributed by atoms with E-state index in [2.05, 4.69) is 0 Å². The third-order valence-electron chi connectivity index (χ3n) is 4.19. The lowest BCUT2D eigenvalue weighted by Crippen LogP contribution is -2.43. The molecule has 0 aliphatic heterocycles. The third kappa shape index (κ3) is 3.18. The summed E-state index contributed by atoms with van der Waals surface area (Å²) < 4.78 is 0. The molecule has 0 bridgehead atoms. The molecule has 1 aliphatic carbocycles. The van der Waals surface area contributed by atoms with Crippen molar-refractivity contribution in [2.75, 3.05) is 6.54 Å². The molecule has 1 aromatic carbocycles. The number of aryl methyl sites for hydroxylation is 1. The number of hydrogen-bond donors (Lipinski definition) is 1. The van der Waals surface area contributed by atoms with Crippen LogP contribution in [0.4, 0.5) is 0 Å². The van der Waals surface area contributed by atoms with Crippen molar-refractivity contribution < 1.29 is 4.79 Å². The quantitative estimate of drug-likeness (QED) is 0.867. The van der Waals surface area contributed by atoms with Crippen LogP contribution in [0.1, 0.15) is 47.2 Å². The summed E-state index contributed by atoms with van der Waals surface area (Å²) in [7, 11) is 0. The number of nitrogens with two attached hydrogens (primary N) is 1. The largest absolute Gasteiger partial charge is 0.392 e. The van der Waals surface area contributed by atoms with Gasteiger partial charge < -0.3 is 10.6 Å². The van der Waals surface area contributed by atoms with Gasteiger partial charge in [-0.2, -0.15) is 0 Å². The maximum absolute atomic E-state index is 12.9. The second-order valence-electron chi connectivity index (χ2n) is 5.59. The molecule has 0 unspecified atom stereocenters. The Balaban J connectivity index is 2.29. The van der Waals surface area contributed by atoms with Gasteiger partial charge in [-0.15, -0.1) is 0 Å². The molecule has 1 aliphatic rings. The number of carbonyl (C=O) groups excluding carboxylic acids is 1. The number of carbonyl (C=O) groups is 1. The topological polar surface area (TPSA) is 46.3 Å². The molecule has 0 atom stereocenters. The van der Waals surface area contributed by atoms with Crippen LogP contribution in [0.25, 0.3) is 0 Å². The minimum absolute atomic E-state index is 0.0610. The fourth-order valence-corrected chi connectivity index (χ4v) is 3.03. The van der Waals surface area contributed by atoms with E-state index in [0.29, 0.717) is 11.5 Å². The average Bonchev–Trinajstić information content (AvgIpc) is 2.92. The number of rotatable bonds is 4. The van der Waals surface area contributed by atoms with E-state index in [1.165, 1.54) is 12.8 Å². The van der Waals surface area contributed by atoms with E-state index < -0.39 is 0 Å². The van der Waals surface area contributed by atoms with Gasteiger partial charge in [-0.25, -0.2) is 0 Å². The van der Waals surface area contributed by atoms with E-state index in [-0.39, 0.29) is 11.9 Å². The first-order chi connectivity index (χ1) is 9.50. The Morgan fingerprint density at radius 3 is 2.60 bits per heavy atom. The second-order valence-corrected chi connectivity index (χ2v) is 6.11. The molecule has 1 fully saturated rings. The highest BCUT2D eigenvalue weighted by Gasteiger charge is 2.28. The van der Waals surface area contributed by atoms with E-state index in [9.17, 15) is 4.79 Å². The molecule has 20 heavy (non-hydrogen) atoms. The highest BCUT2D eigenvalue weighted by Crippen LogP contribution is 2.26. The SMILES string of the molecule is Cc1cccc(C(=O)N(CC(N)=S)C2CCCC2)c1C. The predicted molar refractivity (Wildman–Crippen MR) is 86.0 cm³/mol. The first kappa shape index (κ1) is 15.0. The van der Waals surface area contributed by atoms with Crippen LogP contribution in [0.3, 0.4) is 0 Å². The van der Waals surface area contributed by atoms with Gasteiger partial charge in [0.05, 0.1) is 11.5 Å². The van der Waals surface area contributed by atoms with Crippen LogP contribution in [0.5, 0.6) is 0 Å². The van der Waals surface area contributed by atoms with Crippen molar-refractivity contribution in [3.05, 3.63) is 34.9 Å². The lowest BCUT2D eigenvalue weighted by molar-refractivity contribution is 0.0714. The summed E-state index contributed by atoms with van der Waals surface area (Å²) in [5.41, 5.74) is 8.64. The summed E-state index contributed by atoms with van der Waals surface area (Å²) in [5.74, 6) is 0.0610. The van der Waals surface area contributed by atoms with Crippen LogP contribution in [0.15, 0.2) is 18.2 Å². The summed E-state index contributed by atoms with van der Waals surface area (Å²) >= 11 is 5.02. The monoisotopic (exact) mass is 290 g/mol. The maximum atomic E-state index is 12.9. The zero-order valence-electron chi connectivity index (χ0n) is 12.2. The van der Waals surface area contributed by atoms with Crippen molar-refractivity contribution in [2.45, 2.75) is 45.6 Å². The van der Waals surface area contributed by atoms with Gasteiger partial charge in [0, 0.05) is 11.6 Å². The van der Waals surface area contributed by atoms with E-state index in [4.69, 9.17) is 18.0 Å². The van der Waals surface area contributed by atoms with Crippen LogP contribution in [0.2, 0.25) is 0 Å². The summed E-state index contributed by atoms with van der Waals surface area (Å²) in [5, 5.41) is 0. The lowest BCUT2D eigenvalue weighted by Gasteiger charge is -2.29. The summed E-state index contributed by atoms with van der Waals surface area (Å²) in [6.07, 6.45) is 4.47. The third-order valence-corrected chi connectivity index (χ3v) is 4.32. The van der Waals surface area contributed by atoms with Crippen molar-refractivity contribution in [1.29, 1.82) is 0 Å². The molecule has 0 heterocycles. The van der Waals surface area contributed by atoms with Gasteiger partial charge in [-0.3, -0.25) is 4.79 Å². The standard InChI is InChI=1S/C16H22N2OS/c1-11-6-5-9-14(12(11)2)16(19)18(10-15(17)20)13-7-3-4-8-13/h5-6,9,13H,3-4,7-8,10H2,1-2H3,(H2,17,20). The van der Waals surface area contributed by atoms with Crippen LogP contribution in [0, 0.1) is 13.8 Å². The highest BCUT2D eigenvalue weighted by atomic mass is 32.1. The van der Waals surface area contributed by atoms with E-state index in [0.717, 1.165) is 29.5 Å². The predicted octanol–water partition coefficient (Wildman–Crippen LogP) is 2.97. The fourth-order valence-electron chi connectivity index (χ4n) is 2.89. The molecule has 0 aromatic heterocycles. The molecular formula is C16H22N2OS. The highest BCUT2D eigenvalue weighted by molar-refractivity contribution is 7.80. The van der Waals surface area contributed by atoms with Crippen molar-refractivity contribution in [1.82, 2.24) is 4.90 Å². The summed E-state index contributed by atoms with van der Waals surface area (Å²) in [4.78, 5) is 15.1. The summed E-state index contributed by atoms with van der Waals surface area (Å²) in [6, 6.07) is 6.14. The van der Waals surface area contributed by atoms with Gasteiger partial charge in [0.15, 0.2) is 0 Å². The Morgan fingerprint density at radius 1 is 1.35 bits per heavy atom. The molecule has 1 aromatic rings. The molecular weight excluding hydrogens is 268 g/mol. The lowest BCUT2D eigenvalue weighted by atomic mass is 10.0. The molecule has 2 rings (SSSR count). The number of benzene rings is 1. The Labute approximate surface area is 126 Å². The van der Waals surface area contributed by atoms with Gasteiger partial charge in [0.2, 0.25) is 0 Å².